The van der Waals surface area contributed by atoms with Gasteiger partial charge < -0.3 is 14.0 Å². The molecule has 4 atom stereocenters. The van der Waals surface area contributed by atoms with Crippen molar-refractivity contribution in [3.63, 3.8) is 0 Å². The Balaban J connectivity index is 5.03. The maximum Gasteiger partial charge on any atom is 0.192 e. The Morgan fingerprint density at radius 2 is 1.22 bits per heavy atom. The molecular formula is C22H50O3Si2. The van der Waals surface area contributed by atoms with Gasteiger partial charge in [-0.05, 0) is 54.5 Å². The van der Waals surface area contributed by atoms with Crippen LogP contribution in [0.3, 0.4) is 0 Å². The minimum Gasteiger partial charge on any atom is -0.417 e. The molecule has 0 amide bonds. The number of rotatable bonds is 10. The molecule has 2 unspecified atom stereocenters. The lowest BCUT2D eigenvalue weighted by atomic mass is 9.87. The molecule has 0 aromatic rings. The zero-order valence-corrected chi connectivity index (χ0v) is 22.7. The highest BCUT2D eigenvalue weighted by Crippen LogP contribution is 2.40. The molecule has 164 valence electrons. The van der Waals surface area contributed by atoms with Gasteiger partial charge in [-0.15, -0.1) is 0 Å². The van der Waals surface area contributed by atoms with Crippen LogP contribution in [0.25, 0.3) is 0 Å². The predicted octanol–water partition coefficient (Wildman–Crippen LogP) is 6.69. The molecular weight excluding hydrogens is 368 g/mol. The quantitative estimate of drug-likeness (QED) is 0.402. The van der Waals surface area contributed by atoms with Gasteiger partial charge in [-0.3, -0.25) is 0 Å². The van der Waals surface area contributed by atoms with E-state index in [1.165, 1.54) is 0 Å². The summed E-state index contributed by atoms with van der Waals surface area (Å²) in [5.41, 5.74) is 0. The van der Waals surface area contributed by atoms with Gasteiger partial charge in [0.1, 0.15) is 0 Å². The van der Waals surface area contributed by atoms with Crippen LogP contribution in [-0.2, 0) is 8.85 Å². The second-order valence-corrected chi connectivity index (χ2v) is 21.5. The molecule has 1 N–H and O–H groups in total. The molecule has 0 aliphatic carbocycles. The molecule has 0 aromatic heterocycles. The van der Waals surface area contributed by atoms with Gasteiger partial charge in [0.25, 0.3) is 0 Å². The molecule has 0 heterocycles. The maximum atomic E-state index is 9.80. The van der Waals surface area contributed by atoms with Gasteiger partial charge in [-0.2, -0.15) is 0 Å². The van der Waals surface area contributed by atoms with E-state index in [4.69, 9.17) is 8.85 Å². The lowest BCUT2D eigenvalue weighted by molar-refractivity contribution is 0.0348. The maximum absolute atomic E-state index is 9.80. The van der Waals surface area contributed by atoms with Gasteiger partial charge >= 0.3 is 0 Å². The summed E-state index contributed by atoms with van der Waals surface area (Å²) in [6.45, 7) is 30.6. The highest BCUT2D eigenvalue weighted by atomic mass is 28.4. The topological polar surface area (TPSA) is 38.7 Å². The van der Waals surface area contributed by atoms with Crippen molar-refractivity contribution in [1.82, 2.24) is 0 Å². The normalized spacial score (nSPS) is 18.9. The third-order valence-corrected chi connectivity index (χ3v) is 15.9. The summed E-state index contributed by atoms with van der Waals surface area (Å²) in [6.07, 6.45) is 1.17. The smallest absolute Gasteiger partial charge is 0.192 e. The van der Waals surface area contributed by atoms with Crippen LogP contribution < -0.4 is 0 Å². The van der Waals surface area contributed by atoms with Crippen molar-refractivity contribution < 1.29 is 14.0 Å². The first kappa shape index (κ1) is 27.3. The molecule has 0 aromatic carbocycles. The predicted molar refractivity (Wildman–Crippen MR) is 124 cm³/mol. The van der Waals surface area contributed by atoms with E-state index in [0.717, 1.165) is 13.0 Å². The van der Waals surface area contributed by atoms with Crippen LogP contribution in [0, 0.1) is 17.8 Å². The molecule has 0 aliphatic heterocycles. The third kappa shape index (κ3) is 8.29. The highest BCUT2D eigenvalue weighted by molar-refractivity contribution is 6.74. The minimum absolute atomic E-state index is 0.103. The number of aliphatic hydroxyl groups is 1. The third-order valence-electron chi connectivity index (χ3n) is 6.96. The molecule has 0 aliphatic rings. The van der Waals surface area contributed by atoms with Crippen LogP contribution in [0.2, 0.25) is 36.3 Å². The van der Waals surface area contributed by atoms with E-state index in [-0.39, 0.29) is 28.7 Å². The van der Waals surface area contributed by atoms with Crippen molar-refractivity contribution in [2.24, 2.45) is 17.8 Å². The van der Waals surface area contributed by atoms with E-state index in [2.05, 4.69) is 88.5 Å². The fourth-order valence-corrected chi connectivity index (χ4v) is 5.45. The highest BCUT2D eigenvalue weighted by Gasteiger charge is 2.42. The van der Waals surface area contributed by atoms with Crippen LogP contribution in [0.1, 0.15) is 68.7 Å². The second-order valence-electron chi connectivity index (χ2n) is 11.9. The Morgan fingerprint density at radius 1 is 0.778 bits per heavy atom. The molecule has 0 spiro atoms. The summed E-state index contributed by atoms with van der Waals surface area (Å²) in [5, 5.41) is 10.2. The van der Waals surface area contributed by atoms with Gasteiger partial charge in [-0.1, -0.05) is 62.3 Å². The van der Waals surface area contributed by atoms with Crippen LogP contribution in [0.5, 0.6) is 0 Å². The summed E-state index contributed by atoms with van der Waals surface area (Å²) >= 11 is 0. The van der Waals surface area contributed by atoms with Gasteiger partial charge in [0.05, 0.1) is 6.10 Å². The monoisotopic (exact) mass is 418 g/mol. The van der Waals surface area contributed by atoms with E-state index in [1.807, 2.05) is 0 Å². The average molecular weight is 419 g/mol. The Bertz CT molecular complexity index is 436. The lowest BCUT2D eigenvalue weighted by Gasteiger charge is -2.43. The van der Waals surface area contributed by atoms with Crippen molar-refractivity contribution in [3.8, 4) is 0 Å². The zero-order chi connectivity index (χ0) is 21.8. The van der Waals surface area contributed by atoms with E-state index in [9.17, 15) is 5.11 Å². The van der Waals surface area contributed by atoms with Crippen LogP contribution in [-0.4, -0.2) is 41.1 Å². The molecule has 0 fully saturated rings. The van der Waals surface area contributed by atoms with Crippen molar-refractivity contribution in [1.29, 1.82) is 0 Å². The molecule has 27 heavy (non-hydrogen) atoms. The summed E-state index contributed by atoms with van der Waals surface area (Å²) in [7, 11) is -3.57. The van der Waals surface area contributed by atoms with E-state index >= 15 is 0 Å². The van der Waals surface area contributed by atoms with Gasteiger partial charge in [-0.25, -0.2) is 0 Å². The van der Waals surface area contributed by atoms with E-state index in [1.54, 1.807) is 0 Å². The molecule has 0 rings (SSSR count). The van der Waals surface area contributed by atoms with Crippen molar-refractivity contribution in [2.45, 2.75) is 111 Å². The van der Waals surface area contributed by atoms with E-state index in [0.29, 0.717) is 11.8 Å². The average Bonchev–Trinajstić information content (AvgIpc) is 2.47. The van der Waals surface area contributed by atoms with Crippen molar-refractivity contribution >= 4 is 16.6 Å². The van der Waals surface area contributed by atoms with Crippen molar-refractivity contribution in [3.05, 3.63) is 0 Å². The Morgan fingerprint density at radius 3 is 1.59 bits per heavy atom. The first-order chi connectivity index (χ1) is 11.9. The SMILES string of the molecule is CC(CO[Si](C)(C)C(C)(C)C)CC(C)[C@@H](O[Si](C)(C)C(C)(C)C)[C@@H](C)CO. The summed E-state index contributed by atoms with van der Waals surface area (Å²) in [5.74, 6) is 1.05. The summed E-state index contributed by atoms with van der Waals surface area (Å²) < 4.78 is 13.2. The fourth-order valence-electron chi connectivity index (χ4n) is 2.82. The summed E-state index contributed by atoms with van der Waals surface area (Å²) in [4.78, 5) is 0. The number of hydrogen-bond donors (Lipinski definition) is 1. The largest absolute Gasteiger partial charge is 0.417 e. The van der Waals surface area contributed by atoms with Crippen LogP contribution in [0.15, 0.2) is 0 Å². The van der Waals surface area contributed by atoms with Gasteiger partial charge in [0.15, 0.2) is 16.6 Å². The van der Waals surface area contributed by atoms with Crippen LogP contribution >= 0.6 is 0 Å². The Kier molecular flexibility index (Phi) is 9.99. The first-order valence-electron chi connectivity index (χ1n) is 10.8. The molecule has 0 bridgehead atoms. The minimum atomic E-state index is -1.87. The second kappa shape index (κ2) is 9.88. The molecule has 0 saturated heterocycles. The molecule has 5 heteroatoms. The van der Waals surface area contributed by atoms with Crippen LogP contribution in [0.4, 0.5) is 0 Å². The Labute approximate surface area is 172 Å². The van der Waals surface area contributed by atoms with Gasteiger partial charge in [0, 0.05) is 19.1 Å². The first-order valence-corrected chi connectivity index (χ1v) is 16.6. The van der Waals surface area contributed by atoms with E-state index < -0.39 is 16.6 Å². The fraction of sp³-hybridized carbons (Fsp3) is 1.00. The summed E-state index contributed by atoms with van der Waals surface area (Å²) in [6, 6.07) is 0. The standard InChI is InChI=1S/C22H50O3Si2/c1-17(16-24-26(10,11)21(4,5)6)14-18(2)20(19(3)15-23)25-27(12,13)22(7,8)9/h17-20,23H,14-16H2,1-13H3/t17?,18?,19-,20+/m0/s1. The molecule has 0 radical (unpaired) electrons. The lowest BCUT2D eigenvalue weighted by Crippen LogP contribution is -2.48. The molecule has 0 saturated carbocycles. The molecule has 3 nitrogen and oxygen atoms in total. The van der Waals surface area contributed by atoms with Crippen molar-refractivity contribution in [2.75, 3.05) is 13.2 Å². The number of hydrogen-bond acceptors (Lipinski definition) is 3. The Hall–Kier alpha value is 0.314. The number of aliphatic hydroxyl groups excluding tert-OH is 1. The zero-order valence-electron chi connectivity index (χ0n) is 20.7. The van der Waals surface area contributed by atoms with Gasteiger partial charge in [0.2, 0.25) is 0 Å².